The molecule has 0 spiro atoms. The first-order valence-electron chi connectivity index (χ1n) is 5.76. The van der Waals surface area contributed by atoms with Crippen LogP contribution in [0.3, 0.4) is 0 Å². The maximum absolute atomic E-state index is 13.6. The number of carboxylic acids is 1. The predicted octanol–water partition coefficient (Wildman–Crippen LogP) is 1.52. The third kappa shape index (κ3) is 3.79. The molecule has 0 saturated heterocycles. The van der Waals surface area contributed by atoms with Gasteiger partial charge in [-0.2, -0.15) is 0 Å². The molecule has 7 heteroatoms. The Hall–Kier alpha value is -1.91. The van der Waals surface area contributed by atoms with Crippen molar-refractivity contribution in [2.45, 2.75) is 24.7 Å². The number of unbranched alkanes of at least 4 members (excludes halogenated alkanes) is 1. The van der Waals surface area contributed by atoms with E-state index in [0.717, 1.165) is 12.1 Å². The number of terminal acetylenes is 1. The molecule has 108 valence electrons. The first-order chi connectivity index (χ1) is 9.29. The average Bonchev–Trinajstić information content (AvgIpc) is 2.37. The van der Waals surface area contributed by atoms with E-state index >= 15 is 0 Å². The summed E-state index contributed by atoms with van der Waals surface area (Å²) in [7, 11) is -3.97. The predicted molar refractivity (Wildman–Crippen MR) is 71.4 cm³/mol. The first kappa shape index (κ1) is 16.1. The van der Waals surface area contributed by atoms with Gasteiger partial charge in [0.2, 0.25) is 10.0 Å². The van der Waals surface area contributed by atoms with Crippen LogP contribution in [0, 0.1) is 25.1 Å². The van der Waals surface area contributed by atoms with Crippen LogP contribution in [-0.2, 0) is 10.0 Å². The molecule has 2 N–H and O–H groups in total. The number of benzene rings is 1. The highest BCUT2D eigenvalue weighted by Gasteiger charge is 2.21. The van der Waals surface area contributed by atoms with Crippen LogP contribution in [-0.4, -0.2) is 26.0 Å². The number of carboxylic acid groups (broad SMARTS) is 1. The van der Waals surface area contributed by atoms with E-state index in [1.54, 1.807) is 0 Å². The molecule has 1 rings (SSSR count). The van der Waals surface area contributed by atoms with Gasteiger partial charge in [-0.1, -0.05) is 0 Å². The van der Waals surface area contributed by atoms with Gasteiger partial charge in [-0.25, -0.2) is 22.3 Å². The molecule has 0 aliphatic carbocycles. The zero-order valence-electron chi connectivity index (χ0n) is 10.8. The molecule has 0 amide bonds. The normalized spacial score (nSPS) is 11.1. The van der Waals surface area contributed by atoms with Gasteiger partial charge >= 0.3 is 5.97 Å². The number of carbonyl (C=O) groups is 1. The maximum atomic E-state index is 13.6. The third-order valence-corrected chi connectivity index (χ3v) is 4.21. The largest absolute Gasteiger partial charge is 0.478 e. The van der Waals surface area contributed by atoms with Crippen molar-refractivity contribution in [2.75, 3.05) is 6.54 Å². The number of hydrogen-bond acceptors (Lipinski definition) is 3. The van der Waals surface area contributed by atoms with Gasteiger partial charge in [-0.15, -0.1) is 12.3 Å². The summed E-state index contributed by atoms with van der Waals surface area (Å²) >= 11 is 0. The summed E-state index contributed by atoms with van der Waals surface area (Å²) in [5.74, 6) is 0.0894. The number of aromatic carboxylic acids is 1. The molecule has 1 aromatic rings. The zero-order chi connectivity index (χ0) is 15.3. The SMILES string of the molecule is C#CCCCNS(=O)(=O)c1cc(C(=O)O)cc(F)c1C. The third-order valence-electron chi connectivity index (χ3n) is 2.62. The van der Waals surface area contributed by atoms with Crippen LogP contribution in [0.1, 0.15) is 28.8 Å². The summed E-state index contributed by atoms with van der Waals surface area (Å²) in [5.41, 5.74) is -0.545. The highest BCUT2D eigenvalue weighted by atomic mass is 32.2. The molecule has 0 aliphatic heterocycles. The molecule has 1 aromatic carbocycles. The second-order valence-corrected chi connectivity index (χ2v) is 5.83. The Morgan fingerprint density at radius 1 is 1.50 bits per heavy atom. The summed E-state index contributed by atoms with van der Waals surface area (Å²) in [5, 5.41) is 8.83. The van der Waals surface area contributed by atoms with Crippen molar-refractivity contribution >= 4 is 16.0 Å². The lowest BCUT2D eigenvalue weighted by molar-refractivity contribution is 0.0696. The maximum Gasteiger partial charge on any atom is 0.335 e. The minimum absolute atomic E-state index is 0.102. The Bertz CT molecular complexity index is 662. The molecule has 0 aromatic heterocycles. The second-order valence-electron chi connectivity index (χ2n) is 4.09. The molecular formula is C13H14FNO4S. The lowest BCUT2D eigenvalue weighted by Gasteiger charge is -2.10. The summed E-state index contributed by atoms with van der Waals surface area (Å²) in [6, 6.07) is 1.72. The molecule has 0 fully saturated rings. The first-order valence-corrected chi connectivity index (χ1v) is 7.24. The smallest absolute Gasteiger partial charge is 0.335 e. The van der Waals surface area contributed by atoms with Crippen LogP contribution in [0.5, 0.6) is 0 Å². The molecule has 0 atom stereocenters. The van der Waals surface area contributed by atoms with Crippen LogP contribution in [0.2, 0.25) is 0 Å². The molecule has 0 aliphatic rings. The number of nitrogens with one attached hydrogen (secondary N) is 1. The van der Waals surface area contributed by atoms with Crippen LogP contribution in [0.25, 0.3) is 0 Å². The Morgan fingerprint density at radius 3 is 2.70 bits per heavy atom. The van der Waals surface area contributed by atoms with E-state index < -0.39 is 27.4 Å². The Kier molecular flexibility index (Phi) is 5.25. The van der Waals surface area contributed by atoms with E-state index in [1.807, 2.05) is 0 Å². The number of halogens is 1. The van der Waals surface area contributed by atoms with Gasteiger partial charge in [-0.3, -0.25) is 0 Å². The number of sulfonamides is 1. The van der Waals surface area contributed by atoms with Gasteiger partial charge in [0.15, 0.2) is 0 Å². The fourth-order valence-electron chi connectivity index (χ4n) is 1.53. The Balaban J connectivity index is 3.11. The van der Waals surface area contributed by atoms with Gasteiger partial charge in [0.05, 0.1) is 10.5 Å². The van der Waals surface area contributed by atoms with Crippen molar-refractivity contribution in [1.82, 2.24) is 4.72 Å². The molecule has 0 saturated carbocycles. The van der Waals surface area contributed by atoms with Gasteiger partial charge < -0.3 is 5.11 Å². The Morgan fingerprint density at radius 2 is 2.15 bits per heavy atom. The van der Waals surface area contributed by atoms with Gasteiger partial charge in [-0.05, 0) is 25.5 Å². The number of rotatable bonds is 6. The molecule has 0 unspecified atom stereocenters. The summed E-state index contributed by atoms with van der Waals surface area (Å²) in [4.78, 5) is 10.5. The fraction of sp³-hybridized carbons (Fsp3) is 0.308. The molecule has 0 bridgehead atoms. The van der Waals surface area contributed by atoms with E-state index in [9.17, 15) is 17.6 Å². The van der Waals surface area contributed by atoms with Crippen LogP contribution in [0.15, 0.2) is 17.0 Å². The van der Waals surface area contributed by atoms with Gasteiger partial charge in [0.1, 0.15) is 5.82 Å². The summed E-state index contributed by atoms with van der Waals surface area (Å²) < 4.78 is 39.9. The van der Waals surface area contributed by atoms with E-state index in [2.05, 4.69) is 10.6 Å². The second kappa shape index (κ2) is 6.50. The highest BCUT2D eigenvalue weighted by molar-refractivity contribution is 7.89. The van der Waals surface area contributed by atoms with Crippen molar-refractivity contribution < 1.29 is 22.7 Å². The fourth-order valence-corrected chi connectivity index (χ4v) is 2.88. The van der Waals surface area contributed by atoms with Crippen molar-refractivity contribution in [3.8, 4) is 12.3 Å². The van der Waals surface area contributed by atoms with Crippen LogP contribution < -0.4 is 4.72 Å². The van der Waals surface area contributed by atoms with Gasteiger partial charge in [0, 0.05) is 18.5 Å². The Labute approximate surface area is 116 Å². The molecule has 0 radical (unpaired) electrons. The average molecular weight is 299 g/mol. The van der Waals surface area contributed by atoms with Crippen molar-refractivity contribution in [1.29, 1.82) is 0 Å². The lowest BCUT2D eigenvalue weighted by Crippen LogP contribution is -2.26. The quantitative estimate of drug-likeness (QED) is 0.616. The van der Waals surface area contributed by atoms with Crippen molar-refractivity contribution in [3.05, 3.63) is 29.1 Å². The van der Waals surface area contributed by atoms with E-state index in [-0.39, 0.29) is 17.0 Å². The van der Waals surface area contributed by atoms with E-state index in [1.165, 1.54) is 6.92 Å². The lowest BCUT2D eigenvalue weighted by atomic mass is 10.1. The minimum Gasteiger partial charge on any atom is -0.478 e. The minimum atomic E-state index is -3.97. The van der Waals surface area contributed by atoms with Gasteiger partial charge in [0.25, 0.3) is 0 Å². The molecule has 5 nitrogen and oxygen atoms in total. The number of hydrogen-bond donors (Lipinski definition) is 2. The summed E-state index contributed by atoms with van der Waals surface area (Å²) in [6.07, 6.45) is 5.89. The highest BCUT2D eigenvalue weighted by Crippen LogP contribution is 2.20. The topological polar surface area (TPSA) is 83.5 Å². The molecule has 20 heavy (non-hydrogen) atoms. The standard InChI is InChI=1S/C13H14FNO4S/c1-3-4-5-6-15-20(18,19)12-8-10(13(16)17)7-11(14)9(12)2/h1,7-8,15H,4-6H2,2H3,(H,16,17). The van der Waals surface area contributed by atoms with Crippen LogP contribution >= 0.6 is 0 Å². The van der Waals surface area contributed by atoms with Crippen molar-refractivity contribution in [3.63, 3.8) is 0 Å². The van der Waals surface area contributed by atoms with E-state index in [4.69, 9.17) is 11.5 Å². The molecule has 0 heterocycles. The van der Waals surface area contributed by atoms with Crippen LogP contribution in [0.4, 0.5) is 4.39 Å². The van der Waals surface area contributed by atoms with Crippen molar-refractivity contribution in [2.24, 2.45) is 0 Å². The zero-order valence-corrected chi connectivity index (χ0v) is 11.6. The summed E-state index contributed by atoms with van der Waals surface area (Å²) in [6.45, 7) is 1.38. The molecular weight excluding hydrogens is 285 g/mol. The monoisotopic (exact) mass is 299 g/mol. The van der Waals surface area contributed by atoms with E-state index in [0.29, 0.717) is 12.8 Å².